The van der Waals surface area contributed by atoms with E-state index in [2.05, 4.69) is 4.98 Å². The number of carbonyl (C=O) groups is 1. The van der Waals surface area contributed by atoms with Gasteiger partial charge in [0, 0.05) is 44.9 Å². The number of rotatable bonds is 5. The minimum Gasteiger partial charge on any atom is -0.497 e. The van der Waals surface area contributed by atoms with Gasteiger partial charge in [-0.2, -0.15) is 0 Å². The number of pyridine rings is 1. The normalized spacial score (nSPS) is 11.0. The zero-order chi connectivity index (χ0) is 21.4. The molecule has 2 N–H and O–H groups in total. The van der Waals surface area contributed by atoms with Crippen molar-refractivity contribution < 1.29 is 19.0 Å². The van der Waals surface area contributed by atoms with Crippen LogP contribution in [-0.4, -0.2) is 27.7 Å². The number of aromatic amines is 1. The Balaban J connectivity index is 2.03. The fraction of sp³-hybridized carbons (Fsp3) is 0.0909. The Hall–Kier alpha value is -3.58. The quantitative estimate of drug-likeness (QED) is 0.490. The number of fused-ring (bicyclic) bond motifs is 1. The Morgan fingerprint density at radius 2 is 2.03 bits per heavy atom. The average Bonchev–Trinajstić information content (AvgIpc) is 3.03. The van der Waals surface area contributed by atoms with Gasteiger partial charge >= 0.3 is 5.97 Å². The van der Waals surface area contributed by atoms with Crippen LogP contribution in [0.4, 0.5) is 4.39 Å². The van der Waals surface area contributed by atoms with E-state index >= 15 is 0 Å². The summed E-state index contributed by atoms with van der Waals surface area (Å²) in [5, 5.41) is 10.9. The maximum atomic E-state index is 14.6. The van der Waals surface area contributed by atoms with E-state index in [1.54, 1.807) is 36.4 Å². The molecule has 0 atom stereocenters. The summed E-state index contributed by atoms with van der Waals surface area (Å²) in [4.78, 5) is 27.3. The molecule has 152 valence electrons. The number of benzene rings is 2. The van der Waals surface area contributed by atoms with Crippen molar-refractivity contribution in [3.63, 3.8) is 0 Å². The SMILES string of the molecule is COc1ccc(Cn2c(C(=O)O)c(-c3ccc[nH]c3=O)c3cc(Cl)ccc32)c(F)c1. The van der Waals surface area contributed by atoms with Crippen LogP contribution < -0.4 is 10.3 Å². The van der Waals surface area contributed by atoms with E-state index in [1.807, 2.05) is 0 Å². The van der Waals surface area contributed by atoms with Gasteiger partial charge in [0.05, 0.1) is 13.7 Å². The first kappa shape index (κ1) is 19.7. The van der Waals surface area contributed by atoms with Crippen LogP contribution in [0.3, 0.4) is 0 Å². The van der Waals surface area contributed by atoms with E-state index < -0.39 is 17.3 Å². The van der Waals surface area contributed by atoms with E-state index in [0.717, 1.165) is 0 Å². The van der Waals surface area contributed by atoms with Crippen LogP contribution in [0.15, 0.2) is 59.5 Å². The first-order valence-corrected chi connectivity index (χ1v) is 9.34. The lowest BCUT2D eigenvalue weighted by Gasteiger charge is -2.11. The van der Waals surface area contributed by atoms with Gasteiger partial charge in [-0.1, -0.05) is 17.7 Å². The molecule has 0 saturated carbocycles. The van der Waals surface area contributed by atoms with Crippen molar-refractivity contribution in [3.8, 4) is 16.9 Å². The summed E-state index contributed by atoms with van der Waals surface area (Å²) in [5.41, 5.74) is 0.657. The number of aromatic carboxylic acids is 1. The second kappa shape index (κ2) is 7.68. The molecule has 4 rings (SSSR count). The highest BCUT2D eigenvalue weighted by atomic mass is 35.5. The highest BCUT2D eigenvalue weighted by Gasteiger charge is 2.26. The van der Waals surface area contributed by atoms with Crippen LogP contribution in [-0.2, 0) is 6.54 Å². The summed E-state index contributed by atoms with van der Waals surface area (Å²) in [5.74, 6) is -1.41. The molecule has 2 aromatic heterocycles. The summed E-state index contributed by atoms with van der Waals surface area (Å²) < 4.78 is 21.1. The van der Waals surface area contributed by atoms with Gasteiger partial charge in [0.15, 0.2) is 0 Å². The molecule has 8 heteroatoms. The average molecular weight is 427 g/mol. The standard InChI is InChI=1S/C22H16ClFN2O4/c1-30-14-6-4-12(17(24)10-14)11-26-18-7-5-13(23)9-16(18)19(20(26)22(28)29)15-3-2-8-25-21(15)27/h2-10H,11H2,1H3,(H,25,27)(H,28,29). The first-order valence-electron chi connectivity index (χ1n) is 8.96. The smallest absolute Gasteiger partial charge is 0.353 e. The Bertz CT molecular complexity index is 1340. The number of hydrogen-bond acceptors (Lipinski definition) is 3. The number of halogens is 2. The Labute approximate surface area is 175 Å². The minimum absolute atomic E-state index is 0.0552. The van der Waals surface area contributed by atoms with E-state index in [-0.39, 0.29) is 28.9 Å². The molecule has 0 aliphatic carbocycles. The van der Waals surface area contributed by atoms with Crippen LogP contribution in [0.1, 0.15) is 16.1 Å². The van der Waals surface area contributed by atoms with Crippen molar-refractivity contribution in [3.05, 3.63) is 87.2 Å². The van der Waals surface area contributed by atoms with Crippen LogP contribution in [0.25, 0.3) is 22.0 Å². The molecule has 0 fully saturated rings. The van der Waals surface area contributed by atoms with Gasteiger partial charge in [0.1, 0.15) is 17.3 Å². The van der Waals surface area contributed by atoms with Crippen molar-refractivity contribution >= 4 is 28.5 Å². The number of hydrogen-bond donors (Lipinski definition) is 2. The summed E-state index contributed by atoms with van der Waals surface area (Å²) in [6, 6.07) is 12.4. The van der Waals surface area contributed by atoms with Crippen molar-refractivity contribution in [2.75, 3.05) is 7.11 Å². The fourth-order valence-corrected chi connectivity index (χ4v) is 3.73. The molecular weight excluding hydrogens is 411 g/mol. The molecule has 6 nitrogen and oxygen atoms in total. The van der Waals surface area contributed by atoms with Gasteiger partial charge in [0.25, 0.3) is 5.56 Å². The highest BCUT2D eigenvalue weighted by Crippen LogP contribution is 2.36. The third-order valence-corrected chi connectivity index (χ3v) is 5.14. The predicted octanol–water partition coefficient (Wildman–Crippen LogP) is 4.54. The molecule has 0 aliphatic rings. The van der Waals surface area contributed by atoms with Crippen molar-refractivity contribution in [2.45, 2.75) is 6.54 Å². The molecule has 0 aliphatic heterocycles. The lowest BCUT2D eigenvalue weighted by molar-refractivity contribution is 0.0687. The zero-order valence-electron chi connectivity index (χ0n) is 15.8. The van der Waals surface area contributed by atoms with Gasteiger partial charge < -0.3 is 19.4 Å². The lowest BCUT2D eigenvalue weighted by Crippen LogP contribution is -2.14. The summed E-state index contributed by atoms with van der Waals surface area (Å²) >= 11 is 6.16. The van der Waals surface area contributed by atoms with Crippen molar-refractivity contribution in [1.82, 2.24) is 9.55 Å². The molecule has 2 aromatic carbocycles. The maximum Gasteiger partial charge on any atom is 0.353 e. The fourth-order valence-electron chi connectivity index (χ4n) is 3.56. The Morgan fingerprint density at radius 1 is 1.23 bits per heavy atom. The number of methoxy groups -OCH3 is 1. The number of ether oxygens (including phenoxy) is 1. The predicted molar refractivity (Wildman–Crippen MR) is 112 cm³/mol. The second-order valence-corrected chi connectivity index (χ2v) is 7.08. The summed E-state index contributed by atoms with van der Waals surface area (Å²) in [7, 11) is 1.43. The van der Waals surface area contributed by atoms with Gasteiger partial charge in [-0.25, -0.2) is 9.18 Å². The third-order valence-electron chi connectivity index (χ3n) is 4.90. The van der Waals surface area contributed by atoms with E-state index in [4.69, 9.17) is 16.3 Å². The van der Waals surface area contributed by atoms with Gasteiger partial charge in [-0.05, 0) is 36.4 Å². The van der Waals surface area contributed by atoms with Crippen molar-refractivity contribution in [2.24, 2.45) is 0 Å². The van der Waals surface area contributed by atoms with E-state index in [9.17, 15) is 19.1 Å². The first-order chi connectivity index (χ1) is 14.4. The molecule has 2 heterocycles. The third kappa shape index (κ3) is 3.33. The lowest BCUT2D eigenvalue weighted by atomic mass is 10.0. The molecule has 4 aromatic rings. The highest BCUT2D eigenvalue weighted by molar-refractivity contribution is 6.31. The molecule has 0 radical (unpaired) electrons. The topological polar surface area (TPSA) is 84.3 Å². The number of carboxylic acids is 1. The number of H-pyrrole nitrogens is 1. The number of nitrogens with zero attached hydrogens (tertiary/aromatic N) is 1. The summed E-state index contributed by atoms with van der Waals surface area (Å²) in [6.07, 6.45) is 1.46. The zero-order valence-corrected chi connectivity index (χ0v) is 16.5. The molecule has 0 amide bonds. The van der Waals surface area contributed by atoms with E-state index in [1.165, 1.54) is 30.0 Å². The van der Waals surface area contributed by atoms with E-state index in [0.29, 0.717) is 21.7 Å². The molecule has 0 spiro atoms. The summed E-state index contributed by atoms with van der Waals surface area (Å²) in [6.45, 7) is -0.0552. The monoisotopic (exact) mass is 426 g/mol. The maximum absolute atomic E-state index is 14.6. The molecule has 0 unspecified atom stereocenters. The molecule has 0 bridgehead atoms. The number of carboxylic acid groups (broad SMARTS) is 1. The Kier molecular flexibility index (Phi) is 5.05. The van der Waals surface area contributed by atoms with Gasteiger partial charge in [0.2, 0.25) is 0 Å². The van der Waals surface area contributed by atoms with Crippen LogP contribution in [0.2, 0.25) is 5.02 Å². The molecule has 0 saturated heterocycles. The van der Waals surface area contributed by atoms with Crippen molar-refractivity contribution in [1.29, 1.82) is 0 Å². The van der Waals surface area contributed by atoms with Crippen LogP contribution in [0.5, 0.6) is 5.75 Å². The molecule has 30 heavy (non-hydrogen) atoms. The largest absolute Gasteiger partial charge is 0.497 e. The van der Waals surface area contributed by atoms with Gasteiger partial charge in [-0.15, -0.1) is 0 Å². The minimum atomic E-state index is -1.24. The van der Waals surface area contributed by atoms with Crippen LogP contribution >= 0.6 is 11.6 Å². The van der Waals surface area contributed by atoms with Crippen LogP contribution in [0, 0.1) is 5.82 Å². The number of aromatic nitrogens is 2. The second-order valence-electron chi connectivity index (χ2n) is 6.65. The number of nitrogens with one attached hydrogen (secondary N) is 1. The molecular formula is C22H16ClFN2O4. The van der Waals surface area contributed by atoms with Gasteiger partial charge in [-0.3, -0.25) is 4.79 Å². The Morgan fingerprint density at radius 3 is 2.70 bits per heavy atom.